The van der Waals surface area contributed by atoms with Crippen molar-refractivity contribution in [2.24, 2.45) is 0 Å². The van der Waals surface area contributed by atoms with Crippen LogP contribution in [0.4, 0.5) is 5.82 Å². The number of hydrogen-bond donors (Lipinski definition) is 2. The minimum absolute atomic E-state index is 0.163. The third-order valence-electron chi connectivity index (χ3n) is 2.62. The molecule has 1 amide bonds. The van der Waals surface area contributed by atoms with Gasteiger partial charge in [-0.15, -0.1) is 5.10 Å². The molecule has 0 atom stereocenters. The predicted octanol–water partition coefficient (Wildman–Crippen LogP) is 0.248. The first-order chi connectivity index (χ1) is 9.19. The Morgan fingerprint density at radius 2 is 2.32 bits per heavy atom. The van der Waals surface area contributed by atoms with Gasteiger partial charge in [0, 0.05) is 24.0 Å². The number of aryl methyl sites for hydroxylation is 1. The average Bonchev–Trinajstić information content (AvgIpc) is 2.91. The molecule has 0 aliphatic heterocycles. The minimum atomic E-state index is -0.163. The highest BCUT2D eigenvalue weighted by Crippen LogP contribution is 2.08. The Morgan fingerprint density at radius 3 is 3.00 bits per heavy atom. The summed E-state index contributed by atoms with van der Waals surface area (Å²) < 4.78 is 1.65. The SMILES string of the molecule is CCc1cc(C(=O)NCCn2ccnn2)cc(N)n1. The summed E-state index contributed by atoms with van der Waals surface area (Å²) in [6.45, 7) is 3.02. The summed E-state index contributed by atoms with van der Waals surface area (Å²) in [7, 11) is 0. The van der Waals surface area contributed by atoms with Crippen LogP contribution < -0.4 is 11.1 Å². The molecule has 0 saturated carbocycles. The molecular formula is C12H16N6O. The Bertz CT molecular complexity index is 551. The van der Waals surface area contributed by atoms with Gasteiger partial charge in [0.25, 0.3) is 5.91 Å². The standard InChI is InChI=1S/C12H16N6O/c1-2-10-7-9(8-11(13)16-10)12(19)14-3-5-18-6-4-15-17-18/h4,6-8H,2-3,5H2,1H3,(H2,13,16)(H,14,19). The number of amides is 1. The maximum absolute atomic E-state index is 12.0. The number of aromatic nitrogens is 4. The van der Waals surface area contributed by atoms with Gasteiger partial charge in [0.1, 0.15) is 5.82 Å². The van der Waals surface area contributed by atoms with Gasteiger partial charge in [0.15, 0.2) is 0 Å². The topological polar surface area (TPSA) is 98.7 Å². The Morgan fingerprint density at radius 1 is 1.47 bits per heavy atom. The van der Waals surface area contributed by atoms with Crippen LogP contribution in [0.1, 0.15) is 23.0 Å². The predicted molar refractivity (Wildman–Crippen MR) is 70.4 cm³/mol. The minimum Gasteiger partial charge on any atom is -0.384 e. The molecule has 2 aromatic rings. The van der Waals surface area contributed by atoms with Gasteiger partial charge in [-0.2, -0.15) is 0 Å². The number of anilines is 1. The van der Waals surface area contributed by atoms with Crippen molar-refractivity contribution in [2.75, 3.05) is 12.3 Å². The lowest BCUT2D eigenvalue weighted by Gasteiger charge is -2.07. The van der Waals surface area contributed by atoms with E-state index in [1.165, 1.54) is 0 Å². The third kappa shape index (κ3) is 3.51. The second kappa shape index (κ2) is 5.94. The lowest BCUT2D eigenvalue weighted by Crippen LogP contribution is -2.27. The lowest BCUT2D eigenvalue weighted by atomic mass is 10.2. The van der Waals surface area contributed by atoms with Crippen molar-refractivity contribution >= 4 is 11.7 Å². The Kier molecular flexibility index (Phi) is 4.07. The van der Waals surface area contributed by atoms with E-state index in [2.05, 4.69) is 20.6 Å². The molecule has 2 rings (SSSR count). The molecule has 0 aliphatic rings. The van der Waals surface area contributed by atoms with Crippen LogP contribution >= 0.6 is 0 Å². The van der Waals surface area contributed by atoms with E-state index in [0.29, 0.717) is 24.5 Å². The van der Waals surface area contributed by atoms with E-state index in [1.54, 1.807) is 29.2 Å². The van der Waals surface area contributed by atoms with Gasteiger partial charge in [-0.05, 0) is 18.6 Å². The van der Waals surface area contributed by atoms with Gasteiger partial charge in [-0.1, -0.05) is 12.1 Å². The molecule has 0 radical (unpaired) electrons. The highest BCUT2D eigenvalue weighted by molar-refractivity contribution is 5.94. The largest absolute Gasteiger partial charge is 0.384 e. The van der Waals surface area contributed by atoms with Gasteiger partial charge in [0.2, 0.25) is 0 Å². The zero-order valence-electron chi connectivity index (χ0n) is 10.7. The molecule has 2 heterocycles. The first-order valence-electron chi connectivity index (χ1n) is 6.07. The smallest absolute Gasteiger partial charge is 0.251 e. The first-order valence-corrected chi connectivity index (χ1v) is 6.07. The monoisotopic (exact) mass is 260 g/mol. The summed E-state index contributed by atoms with van der Waals surface area (Å²) in [4.78, 5) is 16.1. The van der Waals surface area contributed by atoms with Gasteiger partial charge in [-0.3, -0.25) is 9.48 Å². The summed E-state index contributed by atoms with van der Waals surface area (Å²) >= 11 is 0. The fourth-order valence-electron chi connectivity index (χ4n) is 1.66. The Labute approximate surface area is 110 Å². The van der Waals surface area contributed by atoms with E-state index < -0.39 is 0 Å². The van der Waals surface area contributed by atoms with E-state index in [4.69, 9.17) is 5.73 Å². The zero-order chi connectivity index (χ0) is 13.7. The van der Waals surface area contributed by atoms with Crippen molar-refractivity contribution < 1.29 is 4.79 Å². The van der Waals surface area contributed by atoms with Crippen LogP contribution in [0, 0.1) is 0 Å². The molecule has 0 saturated heterocycles. The number of carbonyl (C=O) groups excluding carboxylic acids is 1. The molecule has 0 spiro atoms. The number of nitrogens with two attached hydrogens (primary N) is 1. The van der Waals surface area contributed by atoms with Crippen LogP contribution in [0.2, 0.25) is 0 Å². The summed E-state index contributed by atoms with van der Waals surface area (Å²) in [5.41, 5.74) is 7.00. The van der Waals surface area contributed by atoms with Gasteiger partial charge < -0.3 is 11.1 Å². The quantitative estimate of drug-likeness (QED) is 0.802. The van der Waals surface area contributed by atoms with E-state index in [0.717, 1.165) is 12.1 Å². The van der Waals surface area contributed by atoms with Crippen molar-refractivity contribution in [1.82, 2.24) is 25.3 Å². The summed E-state index contributed by atoms with van der Waals surface area (Å²) in [5.74, 6) is 0.199. The summed E-state index contributed by atoms with van der Waals surface area (Å²) in [6, 6.07) is 3.32. The van der Waals surface area contributed by atoms with Crippen LogP contribution in [0.3, 0.4) is 0 Å². The average molecular weight is 260 g/mol. The maximum atomic E-state index is 12.0. The van der Waals surface area contributed by atoms with Crippen molar-refractivity contribution in [3.8, 4) is 0 Å². The van der Waals surface area contributed by atoms with Crippen LogP contribution in [0.15, 0.2) is 24.5 Å². The van der Waals surface area contributed by atoms with Crippen LogP contribution in [-0.2, 0) is 13.0 Å². The molecule has 0 bridgehead atoms. The summed E-state index contributed by atoms with van der Waals surface area (Å²) in [6.07, 6.45) is 4.08. The van der Waals surface area contributed by atoms with Crippen molar-refractivity contribution in [3.63, 3.8) is 0 Å². The van der Waals surface area contributed by atoms with Gasteiger partial charge >= 0.3 is 0 Å². The summed E-state index contributed by atoms with van der Waals surface area (Å²) in [5, 5.41) is 10.3. The maximum Gasteiger partial charge on any atom is 0.251 e. The van der Waals surface area contributed by atoms with E-state index in [1.807, 2.05) is 6.92 Å². The number of rotatable bonds is 5. The van der Waals surface area contributed by atoms with E-state index in [-0.39, 0.29) is 5.91 Å². The van der Waals surface area contributed by atoms with Crippen molar-refractivity contribution in [2.45, 2.75) is 19.9 Å². The highest BCUT2D eigenvalue weighted by atomic mass is 16.1. The van der Waals surface area contributed by atoms with Crippen molar-refractivity contribution in [1.29, 1.82) is 0 Å². The highest BCUT2D eigenvalue weighted by Gasteiger charge is 2.08. The molecule has 2 aromatic heterocycles. The fraction of sp³-hybridized carbons (Fsp3) is 0.333. The number of nitrogen functional groups attached to an aromatic ring is 1. The fourth-order valence-corrected chi connectivity index (χ4v) is 1.66. The van der Waals surface area contributed by atoms with Crippen LogP contribution in [-0.4, -0.2) is 32.4 Å². The second-order valence-corrected chi connectivity index (χ2v) is 4.05. The molecule has 7 nitrogen and oxygen atoms in total. The molecule has 100 valence electrons. The van der Waals surface area contributed by atoms with Crippen molar-refractivity contribution in [3.05, 3.63) is 35.8 Å². The molecule has 0 unspecified atom stereocenters. The molecular weight excluding hydrogens is 244 g/mol. The number of carbonyl (C=O) groups is 1. The first kappa shape index (κ1) is 13.0. The van der Waals surface area contributed by atoms with Gasteiger partial charge in [0.05, 0.1) is 12.7 Å². The number of pyridine rings is 1. The van der Waals surface area contributed by atoms with Crippen LogP contribution in [0.25, 0.3) is 0 Å². The molecule has 7 heteroatoms. The number of hydrogen-bond acceptors (Lipinski definition) is 5. The van der Waals surface area contributed by atoms with E-state index >= 15 is 0 Å². The Balaban J connectivity index is 1.94. The lowest BCUT2D eigenvalue weighted by molar-refractivity contribution is 0.0951. The molecule has 0 fully saturated rings. The third-order valence-corrected chi connectivity index (χ3v) is 2.62. The molecule has 0 aromatic carbocycles. The zero-order valence-corrected chi connectivity index (χ0v) is 10.7. The Hall–Kier alpha value is -2.44. The van der Waals surface area contributed by atoms with E-state index in [9.17, 15) is 4.79 Å². The van der Waals surface area contributed by atoms with Crippen LogP contribution in [0.5, 0.6) is 0 Å². The molecule has 19 heavy (non-hydrogen) atoms. The second-order valence-electron chi connectivity index (χ2n) is 4.05. The molecule has 3 N–H and O–H groups in total. The number of nitrogens with zero attached hydrogens (tertiary/aromatic N) is 4. The number of nitrogens with one attached hydrogen (secondary N) is 1. The van der Waals surface area contributed by atoms with Gasteiger partial charge in [-0.25, -0.2) is 4.98 Å². The normalized spacial score (nSPS) is 10.4. The molecule has 0 aliphatic carbocycles.